The lowest BCUT2D eigenvalue weighted by Crippen LogP contribution is -2.43. The fourth-order valence-corrected chi connectivity index (χ4v) is 2.28. The lowest BCUT2D eigenvalue weighted by molar-refractivity contribution is 0.118. The molecule has 0 aliphatic heterocycles. The number of aliphatic hydroxyl groups excluding tert-OH is 1. The van der Waals surface area contributed by atoms with E-state index in [0.29, 0.717) is 12.8 Å². The minimum absolute atomic E-state index is 0.140. The average Bonchev–Trinajstić information content (AvgIpc) is 2.64. The molecule has 0 saturated heterocycles. The fraction of sp³-hybridized carbons (Fsp3) is 0.263. The Balaban J connectivity index is 1.86. The second kappa shape index (κ2) is 9.33. The van der Waals surface area contributed by atoms with Crippen molar-refractivity contribution in [1.82, 2.24) is 5.32 Å². The van der Waals surface area contributed by atoms with Crippen molar-refractivity contribution in [3.05, 3.63) is 71.8 Å². The smallest absolute Gasteiger partial charge is 0.407 e. The molecule has 0 bridgehead atoms. The van der Waals surface area contributed by atoms with Crippen molar-refractivity contribution < 1.29 is 14.6 Å². The maximum absolute atomic E-state index is 11.9. The van der Waals surface area contributed by atoms with E-state index >= 15 is 0 Å². The van der Waals surface area contributed by atoms with Crippen LogP contribution in [0.25, 0.3) is 0 Å². The van der Waals surface area contributed by atoms with Crippen molar-refractivity contribution in [2.45, 2.75) is 31.6 Å². The van der Waals surface area contributed by atoms with Crippen LogP contribution in [0.1, 0.15) is 17.5 Å². The van der Waals surface area contributed by atoms with Crippen LogP contribution in [0.5, 0.6) is 0 Å². The van der Waals surface area contributed by atoms with Gasteiger partial charge in [-0.05, 0) is 24.0 Å². The first-order valence-electron chi connectivity index (χ1n) is 7.78. The van der Waals surface area contributed by atoms with E-state index in [0.717, 1.165) is 11.1 Å². The molecular weight excluding hydrogens is 304 g/mol. The van der Waals surface area contributed by atoms with Crippen LogP contribution in [0.4, 0.5) is 4.79 Å². The Bertz CT molecular complexity index is 668. The molecule has 1 amide bonds. The summed E-state index contributed by atoms with van der Waals surface area (Å²) in [5, 5.41) is 21.3. The standard InChI is InChI=1S/C19H20N2O3/c20-13-18(22)17(12-11-15-7-3-1-4-8-15)21-19(23)24-14-16-9-5-2-6-10-16/h1-10,17-18,22H,11-12,14H2,(H,21,23)/t17-,18+/m1/s1. The number of hydrogen-bond acceptors (Lipinski definition) is 4. The number of rotatable bonds is 7. The van der Waals surface area contributed by atoms with Gasteiger partial charge in [0.1, 0.15) is 6.61 Å². The van der Waals surface area contributed by atoms with E-state index in [1.54, 1.807) is 6.07 Å². The van der Waals surface area contributed by atoms with Crippen LogP contribution in [0.2, 0.25) is 0 Å². The Morgan fingerprint density at radius 1 is 1.08 bits per heavy atom. The Labute approximate surface area is 141 Å². The lowest BCUT2D eigenvalue weighted by Gasteiger charge is -2.19. The molecule has 2 rings (SSSR count). The number of aryl methyl sites for hydroxylation is 1. The zero-order valence-electron chi connectivity index (χ0n) is 13.3. The Hall–Kier alpha value is -2.84. The fourth-order valence-electron chi connectivity index (χ4n) is 2.28. The molecular formula is C19H20N2O3. The molecule has 0 radical (unpaired) electrons. The van der Waals surface area contributed by atoms with Crippen molar-refractivity contribution in [3.8, 4) is 6.07 Å². The Morgan fingerprint density at radius 2 is 1.67 bits per heavy atom. The number of carbonyl (C=O) groups is 1. The molecule has 0 aromatic heterocycles. The van der Waals surface area contributed by atoms with Gasteiger partial charge < -0.3 is 15.2 Å². The normalized spacial score (nSPS) is 12.7. The molecule has 5 heteroatoms. The highest BCUT2D eigenvalue weighted by Crippen LogP contribution is 2.08. The highest BCUT2D eigenvalue weighted by Gasteiger charge is 2.21. The van der Waals surface area contributed by atoms with Crippen LogP contribution in [-0.4, -0.2) is 23.3 Å². The molecule has 124 valence electrons. The summed E-state index contributed by atoms with van der Waals surface area (Å²) in [5.74, 6) is 0. The molecule has 2 aromatic carbocycles. The largest absolute Gasteiger partial charge is 0.445 e. The summed E-state index contributed by atoms with van der Waals surface area (Å²) < 4.78 is 5.13. The van der Waals surface area contributed by atoms with Gasteiger partial charge in [0.2, 0.25) is 0 Å². The van der Waals surface area contributed by atoms with Crippen molar-refractivity contribution in [1.29, 1.82) is 5.26 Å². The van der Waals surface area contributed by atoms with Crippen molar-refractivity contribution >= 4 is 6.09 Å². The summed E-state index contributed by atoms with van der Waals surface area (Å²) in [6.45, 7) is 0.140. The van der Waals surface area contributed by atoms with E-state index in [-0.39, 0.29) is 6.61 Å². The van der Waals surface area contributed by atoms with Gasteiger partial charge >= 0.3 is 6.09 Å². The van der Waals surface area contributed by atoms with E-state index in [9.17, 15) is 9.90 Å². The molecule has 0 saturated carbocycles. The first-order valence-corrected chi connectivity index (χ1v) is 7.78. The molecule has 24 heavy (non-hydrogen) atoms. The SMILES string of the molecule is N#C[C@H](O)[C@@H](CCc1ccccc1)NC(=O)OCc1ccccc1. The van der Waals surface area contributed by atoms with E-state index in [1.165, 1.54) is 0 Å². The number of hydrogen-bond donors (Lipinski definition) is 2. The lowest BCUT2D eigenvalue weighted by atomic mass is 10.0. The molecule has 0 fully saturated rings. The van der Waals surface area contributed by atoms with Gasteiger partial charge in [0.25, 0.3) is 0 Å². The third-order valence-corrected chi connectivity index (χ3v) is 3.62. The van der Waals surface area contributed by atoms with Gasteiger partial charge in [-0.15, -0.1) is 0 Å². The Kier molecular flexibility index (Phi) is 6.81. The quantitative estimate of drug-likeness (QED) is 0.767. The van der Waals surface area contributed by atoms with Gasteiger partial charge in [-0.2, -0.15) is 5.26 Å². The van der Waals surface area contributed by atoms with Crippen molar-refractivity contribution in [2.75, 3.05) is 0 Å². The predicted molar refractivity (Wildman–Crippen MR) is 89.9 cm³/mol. The summed E-state index contributed by atoms with van der Waals surface area (Å²) in [5.41, 5.74) is 1.95. The summed E-state index contributed by atoms with van der Waals surface area (Å²) >= 11 is 0. The highest BCUT2D eigenvalue weighted by molar-refractivity contribution is 5.67. The van der Waals surface area contributed by atoms with Gasteiger partial charge in [-0.25, -0.2) is 4.79 Å². The molecule has 0 aliphatic carbocycles. The number of aliphatic hydroxyl groups is 1. The maximum Gasteiger partial charge on any atom is 0.407 e. The topological polar surface area (TPSA) is 82.4 Å². The number of amides is 1. The molecule has 0 heterocycles. The summed E-state index contributed by atoms with van der Waals surface area (Å²) in [7, 11) is 0. The number of alkyl carbamates (subject to hydrolysis) is 1. The van der Waals surface area contributed by atoms with E-state index < -0.39 is 18.2 Å². The summed E-state index contributed by atoms with van der Waals surface area (Å²) in [4.78, 5) is 11.9. The van der Waals surface area contributed by atoms with Crippen LogP contribution in [-0.2, 0) is 17.8 Å². The zero-order valence-corrected chi connectivity index (χ0v) is 13.3. The van der Waals surface area contributed by atoms with Gasteiger partial charge in [0.05, 0.1) is 12.1 Å². The van der Waals surface area contributed by atoms with Gasteiger partial charge in [0, 0.05) is 0 Å². The van der Waals surface area contributed by atoms with E-state index in [2.05, 4.69) is 5.32 Å². The minimum Gasteiger partial charge on any atom is -0.445 e. The van der Waals surface area contributed by atoms with Crippen molar-refractivity contribution in [3.63, 3.8) is 0 Å². The maximum atomic E-state index is 11.9. The number of carbonyl (C=O) groups excluding carboxylic acids is 1. The summed E-state index contributed by atoms with van der Waals surface area (Å²) in [6.07, 6.45) is -0.841. The third-order valence-electron chi connectivity index (χ3n) is 3.62. The Morgan fingerprint density at radius 3 is 2.25 bits per heavy atom. The van der Waals surface area contributed by atoms with E-state index in [1.807, 2.05) is 60.7 Å². The molecule has 0 aliphatic rings. The number of ether oxygens (including phenoxy) is 1. The number of nitrogens with one attached hydrogen (secondary N) is 1. The van der Waals surface area contributed by atoms with Crippen LogP contribution >= 0.6 is 0 Å². The molecule has 2 N–H and O–H groups in total. The molecule has 0 spiro atoms. The minimum atomic E-state index is -1.28. The van der Waals surface area contributed by atoms with Crippen LogP contribution < -0.4 is 5.32 Å². The monoisotopic (exact) mass is 324 g/mol. The van der Waals surface area contributed by atoms with Gasteiger partial charge in [-0.3, -0.25) is 0 Å². The summed E-state index contributed by atoms with van der Waals surface area (Å²) in [6, 6.07) is 20.1. The molecule has 2 aromatic rings. The number of nitrogens with zero attached hydrogens (tertiary/aromatic N) is 1. The highest BCUT2D eigenvalue weighted by atomic mass is 16.5. The van der Waals surface area contributed by atoms with Crippen LogP contribution in [0.15, 0.2) is 60.7 Å². The van der Waals surface area contributed by atoms with Crippen molar-refractivity contribution in [2.24, 2.45) is 0 Å². The zero-order chi connectivity index (χ0) is 17.2. The second-order valence-corrected chi connectivity index (χ2v) is 5.41. The first-order chi connectivity index (χ1) is 11.7. The molecule has 5 nitrogen and oxygen atoms in total. The first kappa shape index (κ1) is 17.5. The van der Waals surface area contributed by atoms with Crippen LogP contribution in [0.3, 0.4) is 0 Å². The van der Waals surface area contributed by atoms with Crippen LogP contribution in [0, 0.1) is 11.3 Å². The van der Waals surface area contributed by atoms with E-state index in [4.69, 9.17) is 10.00 Å². The number of benzene rings is 2. The third kappa shape index (κ3) is 5.75. The second-order valence-electron chi connectivity index (χ2n) is 5.41. The average molecular weight is 324 g/mol. The molecule has 2 atom stereocenters. The van der Waals surface area contributed by atoms with Gasteiger partial charge in [-0.1, -0.05) is 60.7 Å². The van der Waals surface area contributed by atoms with Gasteiger partial charge in [0.15, 0.2) is 6.10 Å². The number of nitriles is 1. The molecule has 0 unspecified atom stereocenters. The predicted octanol–water partition coefficient (Wildman–Crippen LogP) is 2.80.